The molecular formula is C16H28N-. The van der Waals surface area contributed by atoms with E-state index in [0.29, 0.717) is 11.5 Å². The van der Waals surface area contributed by atoms with Gasteiger partial charge in [-0.1, -0.05) is 44.8 Å². The Balaban J connectivity index is 2.33. The summed E-state index contributed by atoms with van der Waals surface area (Å²) < 4.78 is 0. The van der Waals surface area contributed by atoms with E-state index < -0.39 is 0 Å². The van der Waals surface area contributed by atoms with Crippen LogP contribution in [0.1, 0.15) is 53.4 Å². The normalized spacial score (nSPS) is 42.2. The van der Waals surface area contributed by atoms with Crippen LogP contribution in [0, 0.1) is 23.2 Å². The van der Waals surface area contributed by atoms with Crippen LogP contribution in [-0.4, -0.2) is 13.1 Å². The maximum atomic E-state index is 4.83. The molecule has 0 aromatic heterocycles. The van der Waals surface area contributed by atoms with Crippen molar-refractivity contribution < 1.29 is 0 Å². The molecule has 2 rings (SSSR count). The van der Waals surface area contributed by atoms with Crippen molar-refractivity contribution >= 4 is 0 Å². The van der Waals surface area contributed by atoms with E-state index in [-0.39, 0.29) is 0 Å². The summed E-state index contributed by atoms with van der Waals surface area (Å²) >= 11 is 0. The second-order valence-corrected chi connectivity index (χ2v) is 6.69. The molecule has 0 radical (unpaired) electrons. The maximum Gasteiger partial charge on any atom is -0.0244 e. The molecule has 0 aliphatic heterocycles. The first-order chi connectivity index (χ1) is 8.01. The summed E-state index contributed by atoms with van der Waals surface area (Å²) in [6, 6.07) is 0.559. The van der Waals surface area contributed by atoms with Gasteiger partial charge in [0.05, 0.1) is 0 Å². The van der Waals surface area contributed by atoms with Crippen LogP contribution >= 0.6 is 0 Å². The molecule has 2 aliphatic rings. The van der Waals surface area contributed by atoms with Gasteiger partial charge in [0.15, 0.2) is 0 Å². The van der Waals surface area contributed by atoms with E-state index >= 15 is 0 Å². The Morgan fingerprint density at radius 2 is 2.06 bits per heavy atom. The van der Waals surface area contributed by atoms with Crippen molar-refractivity contribution in [1.82, 2.24) is 0 Å². The summed E-state index contributed by atoms with van der Waals surface area (Å²) in [5.41, 5.74) is 1.99. The number of hydrogen-bond donors (Lipinski definition) is 0. The van der Waals surface area contributed by atoms with Gasteiger partial charge in [0.25, 0.3) is 0 Å². The minimum Gasteiger partial charge on any atom is -0.661 e. The summed E-state index contributed by atoms with van der Waals surface area (Å²) in [5.74, 6) is 2.37. The molecule has 0 aromatic carbocycles. The van der Waals surface area contributed by atoms with E-state index in [1.165, 1.54) is 25.7 Å². The van der Waals surface area contributed by atoms with Crippen LogP contribution in [0.25, 0.3) is 5.32 Å². The van der Waals surface area contributed by atoms with Crippen LogP contribution < -0.4 is 0 Å². The zero-order valence-electron chi connectivity index (χ0n) is 12.2. The fourth-order valence-corrected chi connectivity index (χ4v) is 4.33. The minimum absolute atomic E-state index is 0.395. The molecule has 0 bridgehead atoms. The average molecular weight is 234 g/mol. The van der Waals surface area contributed by atoms with Gasteiger partial charge in [0.1, 0.15) is 0 Å². The zero-order chi connectivity index (χ0) is 12.6. The van der Waals surface area contributed by atoms with Gasteiger partial charge < -0.3 is 5.32 Å². The van der Waals surface area contributed by atoms with Crippen molar-refractivity contribution in [2.75, 3.05) is 7.05 Å². The minimum atomic E-state index is 0.395. The van der Waals surface area contributed by atoms with Gasteiger partial charge in [0, 0.05) is 0 Å². The monoisotopic (exact) mass is 234 g/mol. The molecule has 0 unspecified atom stereocenters. The molecule has 0 amide bonds. The average Bonchev–Trinajstić information content (AvgIpc) is 2.65. The van der Waals surface area contributed by atoms with Crippen molar-refractivity contribution in [3.8, 4) is 0 Å². The van der Waals surface area contributed by atoms with Gasteiger partial charge in [-0.25, -0.2) is 0 Å². The van der Waals surface area contributed by atoms with E-state index in [1.54, 1.807) is 5.57 Å². The van der Waals surface area contributed by atoms with Crippen molar-refractivity contribution in [3.05, 3.63) is 17.0 Å². The highest BCUT2D eigenvalue weighted by molar-refractivity contribution is 5.25. The molecular weight excluding hydrogens is 206 g/mol. The van der Waals surface area contributed by atoms with Gasteiger partial charge in [0.2, 0.25) is 0 Å². The third-order valence-corrected chi connectivity index (χ3v) is 5.41. The fraction of sp³-hybridized carbons (Fsp3) is 0.875. The number of nitrogens with zero attached hydrogens (tertiary/aromatic N) is 1. The predicted molar refractivity (Wildman–Crippen MR) is 75.2 cm³/mol. The maximum absolute atomic E-state index is 4.83. The molecule has 1 heteroatoms. The molecule has 4 atom stereocenters. The highest BCUT2D eigenvalue weighted by atomic mass is 14.9. The van der Waals surface area contributed by atoms with Crippen molar-refractivity contribution in [2.24, 2.45) is 23.2 Å². The Kier molecular flexibility index (Phi) is 3.68. The molecule has 1 spiro atoms. The quantitative estimate of drug-likeness (QED) is 0.610. The van der Waals surface area contributed by atoms with Gasteiger partial charge in [-0.05, 0) is 43.4 Å². The highest BCUT2D eigenvalue weighted by Crippen LogP contribution is 2.55. The zero-order valence-corrected chi connectivity index (χ0v) is 12.2. The SMILES string of the molecule is C[N-][C@@H]1[C@H](C(C)C)CC[C@H](C)[C@@]12C=C(C)CC2. The van der Waals surface area contributed by atoms with Crippen LogP contribution in [0.5, 0.6) is 0 Å². The first-order valence-electron chi connectivity index (χ1n) is 7.28. The molecule has 1 saturated carbocycles. The molecule has 0 aromatic rings. The highest BCUT2D eigenvalue weighted by Gasteiger charge is 2.45. The Bertz CT molecular complexity index is 305. The van der Waals surface area contributed by atoms with Gasteiger partial charge >= 0.3 is 0 Å². The summed E-state index contributed by atoms with van der Waals surface area (Å²) in [6.07, 6.45) is 7.98. The third kappa shape index (κ3) is 2.07. The van der Waals surface area contributed by atoms with Gasteiger partial charge in [-0.3, -0.25) is 0 Å². The summed E-state index contributed by atoms with van der Waals surface area (Å²) in [7, 11) is 2.04. The predicted octanol–water partition coefficient (Wildman–Crippen LogP) is 4.79. The fourth-order valence-electron chi connectivity index (χ4n) is 4.33. The number of rotatable bonds is 2. The van der Waals surface area contributed by atoms with Gasteiger partial charge in [-0.2, -0.15) is 7.05 Å². The van der Waals surface area contributed by atoms with Crippen LogP contribution in [-0.2, 0) is 0 Å². The summed E-state index contributed by atoms with van der Waals surface area (Å²) in [4.78, 5) is 0. The molecule has 0 N–H and O–H groups in total. The van der Waals surface area contributed by atoms with E-state index in [2.05, 4.69) is 33.8 Å². The van der Waals surface area contributed by atoms with Crippen LogP contribution in [0.4, 0.5) is 0 Å². The Morgan fingerprint density at radius 1 is 1.35 bits per heavy atom. The van der Waals surface area contributed by atoms with Crippen LogP contribution in [0.3, 0.4) is 0 Å². The first kappa shape index (κ1) is 13.1. The molecule has 1 nitrogen and oxygen atoms in total. The smallest absolute Gasteiger partial charge is 0.0244 e. The lowest BCUT2D eigenvalue weighted by molar-refractivity contribution is 0.0788. The number of hydrogen-bond acceptors (Lipinski definition) is 0. The van der Waals surface area contributed by atoms with Crippen LogP contribution in [0.15, 0.2) is 11.6 Å². The molecule has 17 heavy (non-hydrogen) atoms. The van der Waals surface area contributed by atoms with E-state index in [4.69, 9.17) is 5.32 Å². The van der Waals surface area contributed by atoms with Gasteiger partial charge in [-0.15, -0.1) is 6.04 Å². The number of allylic oxidation sites excluding steroid dienone is 1. The molecule has 1 fully saturated rings. The van der Waals surface area contributed by atoms with Crippen molar-refractivity contribution in [3.63, 3.8) is 0 Å². The second-order valence-electron chi connectivity index (χ2n) is 6.69. The first-order valence-corrected chi connectivity index (χ1v) is 7.28. The largest absolute Gasteiger partial charge is 0.661 e. The van der Waals surface area contributed by atoms with Crippen molar-refractivity contribution in [2.45, 2.75) is 59.4 Å². The Hall–Kier alpha value is -0.300. The molecule has 98 valence electrons. The van der Waals surface area contributed by atoms with Crippen molar-refractivity contribution in [1.29, 1.82) is 0 Å². The molecule has 0 saturated heterocycles. The Labute approximate surface area is 107 Å². The van der Waals surface area contributed by atoms with E-state index in [0.717, 1.165) is 17.8 Å². The Morgan fingerprint density at radius 3 is 2.53 bits per heavy atom. The van der Waals surface area contributed by atoms with Crippen LogP contribution in [0.2, 0.25) is 0 Å². The standard InChI is InChI=1S/C16H28N/c1-11(2)14-7-6-13(4)16(15(14)17-5)9-8-12(3)10-16/h10-11,13-15H,6-9H2,1-5H3/q-1/t13-,14-,15+,16+/m0/s1. The topological polar surface area (TPSA) is 14.1 Å². The van der Waals surface area contributed by atoms with E-state index in [9.17, 15) is 0 Å². The third-order valence-electron chi connectivity index (χ3n) is 5.41. The summed E-state index contributed by atoms with van der Waals surface area (Å²) in [5, 5.41) is 4.83. The molecule has 0 heterocycles. The lowest BCUT2D eigenvalue weighted by Crippen LogP contribution is -2.47. The molecule has 2 aliphatic carbocycles. The lowest BCUT2D eigenvalue weighted by Gasteiger charge is -2.57. The van der Waals surface area contributed by atoms with E-state index in [1.807, 2.05) is 7.05 Å². The summed E-state index contributed by atoms with van der Waals surface area (Å²) in [6.45, 7) is 9.49. The lowest BCUT2D eigenvalue weighted by atomic mass is 9.58. The second kappa shape index (κ2) is 4.76.